The van der Waals surface area contributed by atoms with Crippen molar-refractivity contribution in [1.82, 2.24) is 4.90 Å². The molecule has 0 saturated carbocycles. The minimum atomic E-state index is -3.97. The summed E-state index contributed by atoms with van der Waals surface area (Å²) in [5.41, 5.74) is 1.81. The van der Waals surface area contributed by atoms with Crippen molar-refractivity contribution < 1.29 is 26.9 Å². The van der Waals surface area contributed by atoms with Gasteiger partial charge in [-0.3, -0.25) is 4.18 Å². The summed E-state index contributed by atoms with van der Waals surface area (Å²) < 4.78 is 41.1. The van der Waals surface area contributed by atoms with Crippen molar-refractivity contribution in [2.24, 2.45) is 0 Å². The molecule has 7 nitrogen and oxygen atoms in total. The number of ether oxygens (including phenoxy) is 2. The van der Waals surface area contributed by atoms with E-state index in [1.54, 1.807) is 12.1 Å². The van der Waals surface area contributed by atoms with Gasteiger partial charge in [-0.05, 0) is 24.6 Å². The third kappa shape index (κ3) is 4.89. The molecule has 150 valence electrons. The smallest absolute Gasteiger partial charge is 0.410 e. The summed E-state index contributed by atoms with van der Waals surface area (Å²) in [4.78, 5) is 13.8. The molecule has 0 aromatic heterocycles. The number of methoxy groups -OCH3 is 1. The summed E-state index contributed by atoms with van der Waals surface area (Å²) in [6.45, 7) is 2.27. The summed E-state index contributed by atoms with van der Waals surface area (Å²) in [6, 6.07) is 15.7. The van der Waals surface area contributed by atoms with Gasteiger partial charge >= 0.3 is 6.09 Å². The molecule has 0 N–H and O–H groups in total. The van der Waals surface area contributed by atoms with Gasteiger partial charge in [-0.2, -0.15) is 8.42 Å². The van der Waals surface area contributed by atoms with E-state index in [0.717, 1.165) is 11.1 Å². The molecular weight excluding hydrogens is 382 g/mol. The van der Waals surface area contributed by atoms with Crippen LogP contribution in [0.2, 0.25) is 0 Å². The van der Waals surface area contributed by atoms with E-state index in [1.165, 1.54) is 24.1 Å². The molecule has 1 saturated heterocycles. The molecule has 0 radical (unpaired) electrons. The summed E-state index contributed by atoms with van der Waals surface area (Å²) in [6.07, 6.45) is -1.91. The first-order valence-corrected chi connectivity index (χ1v) is 10.3. The number of amides is 1. The number of hydrogen-bond donors (Lipinski definition) is 0. The maximum atomic E-state index is 12.5. The second-order valence-electron chi connectivity index (χ2n) is 6.62. The third-order valence-corrected chi connectivity index (χ3v) is 5.89. The van der Waals surface area contributed by atoms with E-state index in [2.05, 4.69) is 0 Å². The Morgan fingerprint density at radius 3 is 2.32 bits per heavy atom. The Hall–Kier alpha value is -2.42. The Labute approximate surface area is 164 Å². The number of aryl methyl sites for hydroxylation is 1. The van der Waals surface area contributed by atoms with Crippen LogP contribution in [-0.2, 0) is 30.4 Å². The maximum Gasteiger partial charge on any atom is 0.410 e. The Kier molecular flexibility index (Phi) is 6.33. The second-order valence-corrected chi connectivity index (χ2v) is 8.19. The molecule has 0 bridgehead atoms. The molecule has 1 amide bonds. The van der Waals surface area contributed by atoms with Crippen LogP contribution in [0.15, 0.2) is 59.5 Å². The Bertz CT molecular complexity index is 898. The topological polar surface area (TPSA) is 82.1 Å². The number of carbonyl (C=O) groups excluding carboxylic acids is 1. The van der Waals surface area contributed by atoms with Crippen molar-refractivity contribution in [2.75, 3.05) is 20.2 Å². The van der Waals surface area contributed by atoms with Crippen molar-refractivity contribution in [3.05, 3.63) is 65.7 Å². The van der Waals surface area contributed by atoms with Crippen LogP contribution in [0.3, 0.4) is 0 Å². The third-order valence-electron chi connectivity index (χ3n) is 4.54. The van der Waals surface area contributed by atoms with Gasteiger partial charge in [0.25, 0.3) is 10.1 Å². The standard InChI is InChI=1S/C20H23NO6S/c1-15-8-10-17(11-9-15)28(23,24)27-19-13-21(12-18(19)25-2)20(22)26-14-16-6-4-3-5-7-16/h3-11,18-19H,12-14H2,1-2H3. The molecule has 2 aromatic rings. The van der Waals surface area contributed by atoms with E-state index < -0.39 is 28.4 Å². The Morgan fingerprint density at radius 1 is 1.04 bits per heavy atom. The van der Waals surface area contributed by atoms with Crippen LogP contribution in [0.25, 0.3) is 0 Å². The predicted molar refractivity (Wildman–Crippen MR) is 102 cm³/mol. The van der Waals surface area contributed by atoms with Gasteiger partial charge in [0, 0.05) is 7.11 Å². The molecule has 3 rings (SSSR count). The highest BCUT2D eigenvalue weighted by Crippen LogP contribution is 2.23. The first-order valence-electron chi connectivity index (χ1n) is 8.87. The Balaban J connectivity index is 1.62. The number of rotatable bonds is 6. The van der Waals surface area contributed by atoms with Crippen LogP contribution in [0.1, 0.15) is 11.1 Å². The van der Waals surface area contributed by atoms with Crippen LogP contribution < -0.4 is 0 Å². The van der Waals surface area contributed by atoms with Crippen molar-refractivity contribution in [1.29, 1.82) is 0 Å². The summed E-state index contributed by atoms with van der Waals surface area (Å²) in [7, 11) is -2.51. The van der Waals surface area contributed by atoms with Gasteiger partial charge < -0.3 is 14.4 Å². The van der Waals surface area contributed by atoms with Gasteiger partial charge in [-0.1, -0.05) is 48.0 Å². The number of hydrogen-bond acceptors (Lipinski definition) is 6. The molecule has 1 aliphatic heterocycles. The number of benzene rings is 2. The zero-order valence-electron chi connectivity index (χ0n) is 15.8. The van der Waals surface area contributed by atoms with E-state index in [4.69, 9.17) is 13.7 Å². The second kappa shape index (κ2) is 8.72. The molecular formula is C20H23NO6S. The molecule has 1 aliphatic rings. The van der Waals surface area contributed by atoms with Crippen LogP contribution >= 0.6 is 0 Å². The van der Waals surface area contributed by atoms with Gasteiger partial charge in [0.05, 0.1) is 18.0 Å². The van der Waals surface area contributed by atoms with E-state index in [1.807, 2.05) is 37.3 Å². The summed E-state index contributed by atoms with van der Waals surface area (Å²) in [5.74, 6) is 0. The van der Waals surface area contributed by atoms with Crippen LogP contribution in [-0.4, -0.2) is 51.8 Å². The zero-order chi connectivity index (χ0) is 20.1. The fourth-order valence-electron chi connectivity index (χ4n) is 2.95. The molecule has 1 fully saturated rings. The van der Waals surface area contributed by atoms with Crippen molar-refractivity contribution >= 4 is 16.2 Å². The van der Waals surface area contributed by atoms with Gasteiger partial charge in [0.2, 0.25) is 0 Å². The first kappa shape index (κ1) is 20.3. The number of carbonyl (C=O) groups is 1. The van der Waals surface area contributed by atoms with Crippen molar-refractivity contribution in [2.45, 2.75) is 30.6 Å². The molecule has 2 atom stereocenters. The van der Waals surface area contributed by atoms with E-state index in [9.17, 15) is 13.2 Å². The highest BCUT2D eigenvalue weighted by Gasteiger charge is 2.40. The summed E-state index contributed by atoms with van der Waals surface area (Å²) >= 11 is 0. The fraction of sp³-hybridized carbons (Fsp3) is 0.350. The van der Waals surface area contributed by atoms with Crippen LogP contribution in [0.5, 0.6) is 0 Å². The quantitative estimate of drug-likeness (QED) is 0.688. The number of nitrogens with zero attached hydrogens (tertiary/aromatic N) is 1. The predicted octanol–water partition coefficient (Wildman–Crippen LogP) is 2.74. The van der Waals surface area contributed by atoms with Crippen molar-refractivity contribution in [3.63, 3.8) is 0 Å². The molecule has 28 heavy (non-hydrogen) atoms. The lowest BCUT2D eigenvalue weighted by Crippen LogP contribution is -2.31. The largest absolute Gasteiger partial charge is 0.445 e. The van der Waals surface area contributed by atoms with Gasteiger partial charge in [-0.15, -0.1) is 0 Å². The summed E-state index contributed by atoms with van der Waals surface area (Å²) in [5, 5.41) is 0. The van der Waals surface area contributed by atoms with Crippen LogP contribution in [0.4, 0.5) is 4.79 Å². The average molecular weight is 405 g/mol. The lowest BCUT2D eigenvalue weighted by molar-refractivity contribution is 0.0368. The minimum absolute atomic E-state index is 0.0667. The van der Waals surface area contributed by atoms with Crippen molar-refractivity contribution in [3.8, 4) is 0 Å². The van der Waals surface area contributed by atoms with E-state index in [-0.39, 0.29) is 24.6 Å². The molecule has 0 spiro atoms. The molecule has 0 aliphatic carbocycles. The molecule has 2 aromatic carbocycles. The lowest BCUT2D eigenvalue weighted by atomic mass is 10.2. The lowest BCUT2D eigenvalue weighted by Gasteiger charge is -2.17. The highest BCUT2D eigenvalue weighted by molar-refractivity contribution is 7.86. The molecule has 2 unspecified atom stereocenters. The van der Waals surface area contributed by atoms with E-state index >= 15 is 0 Å². The normalized spacial score (nSPS) is 19.6. The minimum Gasteiger partial charge on any atom is -0.445 e. The highest BCUT2D eigenvalue weighted by atomic mass is 32.2. The van der Waals surface area contributed by atoms with Crippen LogP contribution in [0, 0.1) is 6.92 Å². The SMILES string of the molecule is COC1CN(C(=O)OCc2ccccc2)CC1OS(=O)(=O)c1ccc(C)cc1. The number of likely N-dealkylation sites (tertiary alicyclic amines) is 1. The maximum absolute atomic E-state index is 12.5. The van der Waals surface area contributed by atoms with Gasteiger partial charge in [0.1, 0.15) is 18.8 Å². The molecule has 8 heteroatoms. The van der Waals surface area contributed by atoms with Gasteiger partial charge in [0.15, 0.2) is 0 Å². The monoisotopic (exact) mass is 405 g/mol. The average Bonchev–Trinajstić information content (AvgIpc) is 3.09. The fourth-order valence-corrected chi connectivity index (χ4v) is 4.04. The molecule has 1 heterocycles. The zero-order valence-corrected chi connectivity index (χ0v) is 16.6. The first-order chi connectivity index (χ1) is 13.4. The Morgan fingerprint density at radius 2 is 1.68 bits per heavy atom. The van der Waals surface area contributed by atoms with E-state index in [0.29, 0.717) is 0 Å². The van der Waals surface area contributed by atoms with Gasteiger partial charge in [-0.25, -0.2) is 4.79 Å².